The molecule has 16 heavy (non-hydrogen) atoms. The Kier molecular flexibility index (Phi) is 3.74. The average molecular weight is 240 g/mol. The van der Waals surface area contributed by atoms with Crippen molar-refractivity contribution in [1.29, 1.82) is 0 Å². The van der Waals surface area contributed by atoms with Crippen LogP contribution in [0.1, 0.15) is 12.8 Å². The molecular formula is C11H14ClN3O. The molecule has 2 rings (SSSR count). The van der Waals surface area contributed by atoms with Gasteiger partial charge in [-0.2, -0.15) is 0 Å². The molecule has 1 amide bonds. The molecule has 2 heterocycles. The molecule has 1 unspecified atom stereocenters. The number of piperidine rings is 1. The van der Waals surface area contributed by atoms with Gasteiger partial charge < -0.3 is 10.6 Å². The third-order valence-corrected chi connectivity index (χ3v) is 2.87. The minimum Gasteiger partial charge on any atom is -0.326 e. The summed E-state index contributed by atoms with van der Waals surface area (Å²) in [6.45, 7) is 1.76. The van der Waals surface area contributed by atoms with E-state index in [9.17, 15) is 4.79 Å². The first-order valence-corrected chi connectivity index (χ1v) is 5.76. The van der Waals surface area contributed by atoms with E-state index >= 15 is 0 Å². The van der Waals surface area contributed by atoms with Gasteiger partial charge in [-0.15, -0.1) is 0 Å². The summed E-state index contributed by atoms with van der Waals surface area (Å²) in [6, 6.07) is 3.38. The number of nitrogens with one attached hydrogen (secondary N) is 2. The van der Waals surface area contributed by atoms with Crippen molar-refractivity contribution in [3.63, 3.8) is 0 Å². The van der Waals surface area contributed by atoms with Gasteiger partial charge in [-0.05, 0) is 31.5 Å². The van der Waals surface area contributed by atoms with E-state index in [0.717, 1.165) is 25.9 Å². The lowest BCUT2D eigenvalue weighted by Gasteiger charge is -2.21. The number of carbonyl (C=O) groups excluding carboxylic acids is 1. The summed E-state index contributed by atoms with van der Waals surface area (Å²) in [5.74, 6) is 0.107. The van der Waals surface area contributed by atoms with Crippen molar-refractivity contribution in [1.82, 2.24) is 10.3 Å². The molecule has 0 radical (unpaired) electrons. The Hall–Kier alpha value is -1.13. The summed E-state index contributed by atoms with van der Waals surface area (Å²) in [5.41, 5.74) is 0.704. The van der Waals surface area contributed by atoms with Gasteiger partial charge in [0.25, 0.3) is 0 Å². The van der Waals surface area contributed by atoms with Gasteiger partial charge in [0.15, 0.2) is 0 Å². The van der Waals surface area contributed by atoms with E-state index in [-0.39, 0.29) is 11.8 Å². The second-order valence-electron chi connectivity index (χ2n) is 3.90. The molecular weight excluding hydrogens is 226 g/mol. The van der Waals surface area contributed by atoms with Gasteiger partial charge in [0, 0.05) is 18.4 Å². The van der Waals surface area contributed by atoms with Crippen molar-refractivity contribution in [2.75, 3.05) is 18.4 Å². The van der Waals surface area contributed by atoms with Gasteiger partial charge in [0.2, 0.25) is 5.91 Å². The number of hydrogen-bond acceptors (Lipinski definition) is 3. The lowest BCUT2D eigenvalue weighted by atomic mass is 9.99. The van der Waals surface area contributed by atoms with Crippen molar-refractivity contribution >= 4 is 23.2 Å². The molecule has 0 aromatic carbocycles. The molecule has 1 aliphatic heterocycles. The maximum Gasteiger partial charge on any atom is 0.228 e. The number of anilines is 1. The molecule has 4 nitrogen and oxygen atoms in total. The van der Waals surface area contributed by atoms with E-state index in [1.807, 2.05) is 0 Å². The molecule has 1 aromatic rings. The first-order valence-electron chi connectivity index (χ1n) is 5.39. The molecule has 2 N–H and O–H groups in total. The van der Waals surface area contributed by atoms with Crippen LogP contribution in [0.3, 0.4) is 0 Å². The molecule has 0 aliphatic carbocycles. The van der Waals surface area contributed by atoms with Gasteiger partial charge in [-0.25, -0.2) is 4.98 Å². The van der Waals surface area contributed by atoms with Crippen LogP contribution in [-0.4, -0.2) is 24.0 Å². The maximum atomic E-state index is 11.9. The van der Waals surface area contributed by atoms with E-state index < -0.39 is 0 Å². The van der Waals surface area contributed by atoms with E-state index in [0.29, 0.717) is 10.8 Å². The fourth-order valence-corrected chi connectivity index (χ4v) is 1.97. The molecule has 5 heteroatoms. The van der Waals surface area contributed by atoms with Crippen LogP contribution < -0.4 is 10.6 Å². The van der Waals surface area contributed by atoms with E-state index in [1.165, 1.54) is 0 Å². The molecule has 1 aromatic heterocycles. The lowest BCUT2D eigenvalue weighted by molar-refractivity contribution is -0.120. The summed E-state index contributed by atoms with van der Waals surface area (Å²) in [4.78, 5) is 15.7. The Labute approximate surface area is 99.4 Å². The normalized spacial score (nSPS) is 20.4. The molecule has 1 saturated heterocycles. The fraction of sp³-hybridized carbons (Fsp3) is 0.455. The van der Waals surface area contributed by atoms with Gasteiger partial charge >= 0.3 is 0 Å². The fourth-order valence-electron chi connectivity index (χ4n) is 1.80. The summed E-state index contributed by atoms with van der Waals surface area (Å²) >= 11 is 5.74. The monoisotopic (exact) mass is 239 g/mol. The van der Waals surface area contributed by atoms with Crippen molar-refractivity contribution in [3.05, 3.63) is 23.5 Å². The van der Waals surface area contributed by atoms with Gasteiger partial charge in [-0.3, -0.25) is 4.79 Å². The highest BCUT2D eigenvalue weighted by Gasteiger charge is 2.20. The Balaban J connectivity index is 1.96. The van der Waals surface area contributed by atoms with Gasteiger partial charge in [0.1, 0.15) is 5.15 Å². The molecule has 1 fully saturated rings. The molecule has 0 saturated carbocycles. The molecule has 86 valence electrons. The van der Waals surface area contributed by atoms with Crippen LogP contribution in [0.25, 0.3) is 0 Å². The summed E-state index contributed by atoms with van der Waals surface area (Å²) in [6.07, 6.45) is 3.57. The third kappa shape index (κ3) is 2.93. The zero-order chi connectivity index (χ0) is 11.4. The minimum atomic E-state index is 0.0504. The summed E-state index contributed by atoms with van der Waals surface area (Å²) in [5, 5.41) is 6.45. The van der Waals surface area contributed by atoms with E-state index in [1.54, 1.807) is 18.3 Å². The predicted molar refractivity (Wildman–Crippen MR) is 63.5 cm³/mol. The van der Waals surface area contributed by atoms with Gasteiger partial charge in [0.05, 0.1) is 5.92 Å². The number of amides is 1. The first kappa shape index (κ1) is 11.4. The van der Waals surface area contributed by atoms with Crippen LogP contribution in [-0.2, 0) is 4.79 Å². The lowest BCUT2D eigenvalue weighted by Crippen LogP contribution is -2.37. The van der Waals surface area contributed by atoms with Crippen molar-refractivity contribution < 1.29 is 4.79 Å². The second kappa shape index (κ2) is 5.27. The average Bonchev–Trinajstić information content (AvgIpc) is 2.30. The molecule has 1 atom stereocenters. The van der Waals surface area contributed by atoms with Crippen LogP contribution in [0.5, 0.6) is 0 Å². The zero-order valence-corrected chi connectivity index (χ0v) is 9.63. The standard InChI is InChI=1S/C11H14ClN3O/c12-10-6-9(3-5-14-10)15-11(16)8-2-1-4-13-7-8/h3,5-6,8,13H,1-2,4,7H2,(H,14,15,16). The highest BCUT2D eigenvalue weighted by molar-refractivity contribution is 6.29. The Morgan fingerprint density at radius 3 is 3.19 bits per heavy atom. The number of pyridine rings is 1. The quantitative estimate of drug-likeness (QED) is 0.772. The number of hydrogen-bond donors (Lipinski definition) is 2. The summed E-state index contributed by atoms with van der Waals surface area (Å²) in [7, 11) is 0. The van der Waals surface area contributed by atoms with Crippen LogP contribution in [0.15, 0.2) is 18.3 Å². The van der Waals surface area contributed by atoms with Crippen LogP contribution in [0.4, 0.5) is 5.69 Å². The zero-order valence-electron chi connectivity index (χ0n) is 8.87. The van der Waals surface area contributed by atoms with Gasteiger partial charge in [-0.1, -0.05) is 11.6 Å². The second-order valence-corrected chi connectivity index (χ2v) is 4.29. The number of halogens is 1. The number of carbonyl (C=O) groups is 1. The van der Waals surface area contributed by atoms with Crippen molar-refractivity contribution in [3.8, 4) is 0 Å². The largest absolute Gasteiger partial charge is 0.326 e. The van der Waals surface area contributed by atoms with Crippen LogP contribution in [0.2, 0.25) is 5.15 Å². The van der Waals surface area contributed by atoms with E-state index in [2.05, 4.69) is 15.6 Å². The van der Waals surface area contributed by atoms with Crippen molar-refractivity contribution in [2.45, 2.75) is 12.8 Å². The topological polar surface area (TPSA) is 54.0 Å². The number of aromatic nitrogens is 1. The Morgan fingerprint density at radius 1 is 1.62 bits per heavy atom. The Bertz CT molecular complexity index is 377. The predicted octanol–water partition coefficient (Wildman–Crippen LogP) is 1.67. The number of nitrogens with zero attached hydrogens (tertiary/aromatic N) is 1. The Morgan fingerprint density at radius 2 is 2.50 bits per heavy atom. The highest BCUT2D eigenvalue weighted by atomic mass is 35.5. The van der Waals surface area contributed by atoms with E-state index in [4.69, 9.17) is 11.6 Å². The SMILES string of the molecule is O=C(Nc1ccnc(Cl)c1)C1CCCNC1. The third-order valence-electron chi connectivity index (χ3n) is 2.66. The number of rotatable bonds is 2. The summed E-state index contributed by atoms with van der Waals surface area (Å²) < 4.78 is 0. The molecule has 0 bridgehead atoms. The first-order chi connectivity index (χ1) is 7.75. The minimum absolute atomic E-state index is 0.0504. The molecule has 0 spiro atoms. The molecule has 1 aliphatic rings. The highest BCUT2D eigenvalue weighted by Crippen LogP contribution is 2.16. The smallest absolute Gasteiger partial charge is 0.228 e. The van der Waals surface area contributed by atoms with Crippen LogP contribution in [0, 0.1) is 5.92 Å². The maximum absolute atomic E-state index is 11.9. The van der Waals surface area contributed by atoms with Crippen molar-refractivity contribution in [2.24, 2.45) is 5.92 Å². The van der Waals surface area contributed by atoms with Crippen LogP contribution >= 0.6 is 11.6 Å².